The molecule has 1 aromatic heterocycles. The standard InChI is InChI=1S/C19H14ClN3O3/c20-13-2-4-14(5-3-13)22-15-6-8-18(21-10-15)23-19(24)12-1-7-16-17(9-12)26-11-25-16/h1-10,22H,11H2,(H,21,23,24). The molecule has 4 rings (SSSR count). The van der Waals surface area contributed by atoms with Gasteiger partial charge in [-0.15, -0.1) is 0 Å². The van der Waals surface area contributed by atoms with Gasteiger partial charge in [-0.2, -0.15) is 0 Å². The number of aromatic nitrogens is 1. The van der Waals surface area contributed by atoms with Crippen molar-refractivity contribution in [3.63, 3.8) is 0 Å². The molecule has 0 saturated heterocycles. The van der Waals surface area contributed by atoms with Gasteiger partial charge in [-0.25, -0.2) is 4.98 Å². The number of anilines is 3. The number of nitrogens with zero attached hydrogens (tertiary/aromatic N) is 1. The van der Waals surface area contributed by atoms with Gasteiger partial charge in [-0.1, -0.05) is 11.6 Å². The summed E-state index contributed by atoms with van der Waals surface area (Å²) < 4.78 is 10.5. The molecule has 1 amide bonds. The van der Waals surface area contributed by atoms with Crippen molar-refractivity contribution in [3.8, 4) is 11.5 Å². The summed E-state index contributed by atoms with van der Waals surface area (Å²) >= 11 is 5.87. The van der Waals surface area contributed by atoms with Crippen molar-refractivity contribution >= 4 is 34.7 Å². The molecular formula is C19H14ClN3O3. The highest BCUT2D eigenvalue weighted by atomic mass is 35.5. The second-order valence-electron chi connectivity index (χ2n) is 5.59. The smallest absolute Gasteiger partial charge is 0.256 e. The lowest BCUT2D eigenvalue weighted by atomic mass is 10.2. The summed E-state index contributed by atoms with van der Waals surface area (Å²) in [7, 11) is 0. The first-order chi connectivity index (χ1) is 12.7. The van der Waals surface area contributed by atoms with Crippen LogP contribution in [0.4, 0.5) is 17.2 Å². The van der Waals surface area contributed by atoms with Gasteiger partial charge in [0, 0.05) is 16.3 Å². The summed E-state index contributed by atoms with van der Waals surface area (Å²) in [4.78, 5) is 16.6. The lowest BCUT2D eigenvalue weighted by Gasteiger charge is -2.08. The Morgan fingerprint density at radius 1 is 0.962 bits per heavy atom. The molecule has 0 spiro atoms. The highest BCUT2D eigenvalue weighted by Gasteiger charge is 2.16. The van der Waals surface area contributed by atoms with E-state index in [1.165, 1.54) is 0 Å². The van der Waals surface area contributed by atoms with Crippen LogP contribution in [0.5, 0.6) is 11.5 Å². The average molecular weight is 368 g/mol. The normalized spacial score (nSPS) is 11.9. The highest BCUT2D eigenvalue weighted by molar-refractivity contribution is 6.30. The fraction of sp³-hybridized carbons (Fsp3) is 0.0526. The third-order valence-electron chi connectivity index (χ3n) is 3.77. The number of benzene rings is 2. The molecule has 1 aliphatic rings. The Labute approximate surface area is 154 Å². The molecule has 0 aliphatic carbocycles. The van der Waals surface area contributed by atoms with Gasteiger partial charge < -0.3 is 20.1 Å². The summed E-state index contributed by atoms with van der Waals surface area (Å²) in [5, 5.41) is 6.64. The van der Waals surface area contributed by atoms with Gasteiger partial charge in [0.15, 0.2) is 11.5 Å². The Hall–Kier alpha value is -3.25. The van der Waals surface area contributed by atoms with Crippen molar-refractivity contribution in [3.05, 3.63) is 71.4 Å². The molecule has 0 unspecified atom stereocenters. The number of nitrogens with one attached hydrogen (secondary N) is 2. The van der Waals surface area contributed by atoms with Crippen LogP contribution in [0.3, 0.4) is 0 Å². The van der Waals surface area contributed by atoms with Crippen molar-refractivity contribution in [2.75, 3.05) is 17.4 Å². The number of pyridine rings is 1. The van der Waals surface area contributed by atoms with Gasteiger partial charge in [0.25, 0.3) is 5.91 Å². The van der Waals surface area contributed by atoms with Crippen molar-refractivity contribution in [2.24, 2.45) is 0 Å². The number of hydrogen-bond donors (Lipinski definition) is 2. The van der Waals surface area contributed by atoms with Crippen LogP contribution in [0.1, 0.15) is 10.4 Å². The Morgan fingerprint density at radius 3 is 2.50 bits per heavy atom. The Morgan fingerprint density at radius 2 is 1.73 bits per heavy atom. The second-order valence-corrected chi connectivity index (χ2v) is 6.02. The predicted octanol–water partition coefficient (Wildman–Crippen LogP) is 4.46. The minimum Gasteiger partial charge on any atom is -0.454 e. The van der Waals surface area contributed by atoms with Gasteiger partial charge in [-0.05, 0) is 54.6 Å². The van der Waals surface area contributed by atoms with Crippen LogP contribution < -0.4 is 20.1 Å². The number of amides is 1. The molecule has 0 bridgehead atoms. The maximum atomic E-state index is 12.3. The predicted molar refractivity (Wildman–Crippen MR) is 99.5 cm³/mol. The van der Waals surface area contributed by atoms with Crippen LogP contribution in [0.25, 0.3) is 0 Å². The van der Waals surface area contributed by atoms with Crippen LogP contribution in [0.15, 0.2) is 60.8 Å². The summed E-state index contributed by atoms with van der Waals surface area (Å²) in [5.74, 6) is 1.38. The fourth-order valence-corrected chi connectivity index (χ4v) is 2.59. The summed E-state index contributed by atoms with van der Waals surface area (Å²) in [6, 6.07) is 15.9. The van der Waals surface area contributed by atoms with E-state index in [9.17, 15) is 4.79 Å². The summed E-state index contributed by atoms with van der Waals surface area (Å²) in [5.41, 5.74) is 2.17. The van der Waals surface area contributed by atoms with E-state index in [0.717, 1.165) is 11.4 Å². The first kappa shape index (κ1) is 16.2. The van der Waals surface area contributed by atoms with E-state index in [1.807, 2.05) is 18.2 Å². The fourth-order valence-electron chi connectivity index (χ4n) is 2.47. The first-order valence-corrected chi connectivity index (χ1v) is 8.25. The van der Waals surface area contributed by atoms with Crippen molar-refractivity contribution < 1.29 is 14.3 Å². The molecule has 1 aliphatic heterocycles. The number of hydrogen-bond acceptors (Lipinski definition) is 5. The topological polar surface area (TPSA) is 72.5 Å². The molecule has 6 nitrogen and oxygen atoms in total. The molecule has 26 heavy (non-hydrogen) atoms. The van der Waals surface area contributed by atoms with E-state index < -0.39 is 0 Å². The SMILES string of the molecule is O=C(Nc1ccc(Nc2ccc(Cl)cc2)cn1)c1ccc2c(c1)OCO2. The molecule has 0 atom stereocenters. The van der Waals surface area contributed by atoms with Gasteiger partial charge >= 0.3 is 0 Å². The zero-order chi connectivity index (χ0) is 17.9. The number of ether oxygens (including phenoxy) is 2. The van der Waals surface area contributed by atoms with Crippen molar-refractivity contribution in [2.45, 2.75) is 0 Å². The molecule has 130 valence electrons. The number of halogens is 1. The Bertz CT molecular complexity index is 943. The zero-order valence-electron chi connectivity index (χ0n) is 13.5. The molecule has 2 heterocycles. The molecule has 2 aromatic carbocycles. The maximum Gasteiger partial charge on any atom is 0.256 e. The Kier molecular flexibility index (Phi) is 4.33. The lowest BCUT2D eigenvalue weighted by Crippen LogP contribution is -2.12. The largest absolute Gasteiger partial charge is 0.454 e. The number of carbonyl (C=O) groups excluding carboxylic acids is 1. The molecule has 7 heteroatoms. The molecule has 0 fully saturated rings. The van der Waals surface area contributed by atoms with Gasteiger partial charge in [0.2, 0.25) is 6.79 Å². The first-order valence-electron chi connectivity index (χ1n) is 7.87. The number of carbonyl (C=O) groups is 1. The van der Waals surface area contributed by atoms with E-state index in [-0.39, 0.29) is 12.7 Å². The summed E-state index contributed by atoms with van der Waals surface area (Å²) in [6.45, 7) is 0.171. The van der Waals surface area contributed by atoms with Gasteiger partial charge in [0.1, 0.15) is 5.82 Å². The molecular weight excluding hydrogens is 354 g/mol. The van der Waals surface area contributed by atoms with Crippen molar-refractivity contribution in [1.82, 2.24) is 4.98 Å². The van der Waals surface area contributed by atoms with E-state index in [4.69, 9.17) is 21.1 Å². The average Bonchev–Trinajstić information content (AvgIpc) is 3.13. The van der Waals surface area contributed by atoms with Gasteiger partial charge in [0.05, 0.1) is 11.9 Å². The van der Waals surface area contributed by atoms with Crippen LogP contribution in [0.2, 0.25) is 5.02 Å². The van der Waals surface area contributed by atoms with E-state index in [0.29, 0.717) is 27.9 Å². The van der Waals surface area contributed by atoms with Crippen molar-refractivity contribution in [1.29, 1.82) is 0 Å². The third-order valence-corrected chi connectivity index (χ3v) is 4.02. The quantitative estimate of drug-likeness (QED) is 0.712. The van der Waals surface area contributed by atoms with E-state index >= 15 is 0 Å². The van der Waals surface area contributed by atoms with E-state index in [2.05, 4.69) is 15.6 Å². The van der Waals surface area contributed by atoms with E-state index in [1.54, 1.807) is 42.6 Å². The third kappa shape index (κ3) is 3.55. The number of rotatable bonds is 4. The van der Waals surface area contributed by atoms with Crippen LogP contribution >= 0.6 is 11.6 Å². The molecule has 3 aromatic rings. The Balaban J connectivity index is 1.42. The van der Waals surface area contributed by atoms with Gasteiger partial charge in [-0.3, -0.25) is 4.79 Å². The lowest BCUT2D eigenvalue weighted by molar-refractivity contribution is 0.102. The number of fused-ring (bicyclic) bond motifs is 1. The van der Waals surface area contributed by atoms with Crippen LogP contribution in [0, 0.1) is 0 Å². The zero-order valence-corrected chi connectivity index (χ0v) is 14.3. The van der Waals surface area contributed by atoms with Crippen LogP contribution in [-0.2, 0) is 0 Å². The van der Waals surface area contributed by atoms with Crippen LogP contribution in [-0.4, -0.2) is 17.7 Å². The maximum absolute atomic E-state index is 12.3. The summed E-state index contributed by atoms with van der Waals surface area (Å²) in [6.07, 6.45) is 1.64. The minimum atomic E-state index is -0.269. The highest BCUT2D eigenvalue weighted by Crippen LogP contribution is 2.32. The molecule has 0 radical (unpaired) electrons. The monoisotopic (exact) mass is 367 g/mol. The molecule has 2 N–H and O–H groups in total. The second kappa shape index (κ2) is 6.93. The molecule has 0 saturated carbocycles. The minimum absolute atomic E-state index is 0.171.